The number of unbranched alkanes of at least 4 members (excludes halogenated alkanes) is 1. The Morgan fingerprint density at radius 3 is 2.54 bits per heavy atom. The van der Waals surface area contributed by atoms with Crippen molar-refractivity contribution in [1.82, 2.24) is 15.5 Å². The average molecular weight is 389 g/mol. The molecule has 1 aliphatic heterocycles. The lowest BCUT2D eigenvalue weighted by Gasteiger charge is -2.34. The van der Waals surface area contributed by atoms with Crippen molar-refractivity contribution in [1.29, 1.82) is 0 Å². The van der Waals surface area contributed by atoms with Crippen LogP contribution in [-0.4, -0.2) is 47.4 Å². The number of rotatable bonds is 8. The van der Waals surface area contributed by atoms with Gasteiger partial charge in [0.1, 0.15) is 12.1 Å². The molecule has 1 saturated carbocycles. The van der Waals surface area contributed by atoms with E-state index in [1.54, 1.807) is 0 Å². The van der Waals surface area contributed by atoms with Crippen molar-refractivity contribution in [3.8, 4) is 0 Å². The van der Waals surface area contributed by atoms with Crippen molar-refractivity contribution in [2.45, 2.75) is 76.8 Å². The molecule has 2 fully saturated rings. The second kappa shape index (κ2) is 10.1. The molecule has 7 nitrogen and oxygen atoms in total. The normalized spacial score (nSPS) is 26.4. The minimum atomic E-state index is -0.793. The van der Waals surface area contributed by atoms with Crippen LogP contribution < -0.4 is 16.4 Å². The predicted molar refractivity (Wildman–Crippen MR) is 103 cm³/mol. The average Bonchev–Trinajstić information content (AvgIpc) is 2.83. The van der Waals surface area contributed by atoms with Crippen LogP contribution >= 0.6 is 12.4 Å². The summed E-state index contributed by atoms with van der Waals surface area (Å²) in [6, 6.07) is -0.560. The van der Waals surface area contributed by atoms with Gasteiger partial charge in [-0.3, -0.25) is 14.5 Å². The number of hydrogen-bond acceptors (Lipinski definition) is 4. The van der Waals surface area contributed by atoms with Gasteiger partial charge in [0.05, 0.1) is 0 Å². The summed E-state index contributed by atoms with van der Waals surface area (Å²) in [5.74, 6) is 0.0472. The molecule has 4 amide bonds. The van der Waals surface area contributed by atoms with E-state index < -0.39 is 11.6 Å². The number of amides is 4. The Morgan fingerprint density at radius 2 is 2.00 bits per heavy atom. The van der Waals surface area contributed by atoms with E-state index >= 15 is 0 Å². The van der Waals surface area contributed by atoms with Crippen LogP contribution in [0.5, 0.6) is 0 Å². The lowest BCUT2D eigenvalue weighted by molar-refractivity contribution is -0.136. The molecule has 0 bridgehead atoms. The summed E-state index contributed by atoms with van der Waals surface area (Å²) in [5, 5.41) is 5.69. The van der Waals surface area contributed by atoms with Gasteiger partial charge < -0.3 is 16.4 Å². The number of imide groups is 1. The molecule has 0 radical (unpaired) electrons. The monoisotopic (exact) mass is 388 g/mol. The summed E-state index contributed by atoms with van der Waals surface area (Å²) in [6.45, 7) is 4.36. The van der Waals surface area contributed by atoms with Crippen LogP contribution in [0.3, 0.4) is 0 Å². The van der Waals surface area contributed by atoms with E-state index in [9.17, 15) is 14.4 Å². The van der Waals surface area contributed by atoms with Gasteiger partial charge in [0, 0.05) is 12.6 Å². The van der Waals surface area contributed by atoms with Gasteiger partial charge in [0.2, 0.25) is 5.91 Å². The maximum atomic E-state index is 12.8. The Bertz CT molecular complexity index is 507. The minimum absolute atomic E-state index is 0. The fraction of sp³-hybridized carbons (Fsp3) is 0.833. The molecule has 1 unspecified atom stereocenters. The molecule has 0 aromatic carbocycles. The number of carbonyl (C=O) groups is 3. The van der Waals surface area contributed by atoms with Gasteiger partial charge >= 0.3 is 6.03 Å². The van der Waals surface area contributed by atoms with Crippen LogP contribution in [0.4, 0.5) is 4.79 Å². The van der Waals surface area contributed by atoms with Gasteiger partial charge in [-0.25, -0.2) is 4.79 Å². The van der Waals surface area contributed by atoms with E-state index in [2.05, 4.69) is 24.5 Å². The number of hydrogen-bond donors (Lipinski definition) is 3. The number of nitrogens with one attached hydrogen (secondary N) is 2. The van der Waals surface area contributed by atoms with Gasteiger partial charge in [-0.2, -0.15) is 0 Å². The first-order valence-electron chi connectivity index (χ1n) is 9.59. The van der Waals surface area contributed by atoms with Gasteiger partial charge in [-0.05, 0) is 38.0 Å². The number of nitrogens with zero attached hydrogens (tertiary/aromatic N) is 1. The molecule has 150 valence electrons. The molecule has 8 heteroatoms. The molecule has 1 heterocycles. The first-order chi connectivity index (χ1) is 12.0. The van der Waals surface area contributed by atoms with E-state index in [4.69, 9.17) is 5.73 Å². The molecule has 26 heavy (non-hydrogen) atoms. The standard InChI is InChI=1S/C18H32N4O3.ClH/c1-3-5-6-14(11-19)20-15(23)12-22-16(24)18(21-17(22)25)9-7-13(4-2)8-10-18;/h13-14H,3-12,19H2,1-2H3,(H,20,23)(H,21,25);1H. The molecule has 0 aromatic rings. The zero-order valence-corrected chi connectivity index (χ0v) is 16.7. The maximum Gasteiger partial charge on any atom is 0.325 e. The third-order valence-corrected chi connectivity index (χ3v) is 5.64. The van der Waals surface area contributed by atoms with E-state index in [0.717, 1.165) is 43.4 Å². The molecular weight excluding hydrogens is 356 g/mol. The number of nitrogens with two attached hydrogens (primary N) is 1. The predicted octanol–water partition coefficient (Wildman–Crippen LogP) is 1.93. The summed E-state index contributed by atoms with van der Waals surface area (Å²) in [4.78, 5) is 38.4. The molecular formula is C18H33ClN4O3. The van der Waals surface area contributed by atoms with Crippen molar-refractivity contribution in [2.24, 2.45) is 11.7 Å². The van der Waals surface area contributed by atoms with E-state index in [0.29, 0.717) is 25.3 Å². The quantitative estimate of drug-likeness (QED) is 0.552. The Hall–Kier alpha value is -1.34. The van der Waals surface area contributed by atoms with Crippen LogP contribution in [0.2, 0.25) is 0 Å². The second-order valence-electron chi connectivity index (χ2n) is 7.40. The van der Waals surface area contributed by atoms with E-state index in [1.165, 1.54) is 0 Å². The molecule has 2 rings (SSSR count). The Morgan fingerprint density at radius 1 is 1.35 bits per heavy atom. The van der Waals surface area contributed by atoms with E-state index in [1.807, 2.05) is 0 Å². The molecule has 4 N–H and O–H groups in total. The summed E-state index contributed by atoms with van der Waals surface area (Å²) < 4.78 is 0. The topological polar surface area (TPSA) is 105 Å². The van der Waals surface area contributed by atoms with Crippen molar-refractivity contribution >= 4 is 30.3 Å². The van der Waals surface area contributed by atoms with Crippen molar-refractivity contribution in [3.05, 3.63) is 0 Å². The van der Waals surface area contributed by atoms with Crippen LogP contribution in [0, 0.1) is 5.92 Å². The van der Waals surface area contributed by atoms with Crippen LogP contribution in [-0.2, 0) is 9.59 Å². The smallest absolute Gasteiger partial charge is 0.325 e. The lowest BCUT2D eigenvalue weighted by Crippen LogP contribution is -2.50. The SMILES string of the molecule is CCCCC(CN)NC(=O)CN1C(=O)NC2(CCC(CC)CC2)C1=O.Cl. The highest BCUT2D eigenvalue weighted by atomic mass is 35.5. The van der Waals surface area contributed by atoms with Gasteiger partial charge in [-0.15, -0.1) is 12.4 Å². The lowest BCUT2D eigenvalue weighted by atomic mass is 9.75. The summed E-state index contributed by atoms with van der Waals surface area (Å²) in [6.07, 6.45) is 7.12. The van der Waals surface area contributed by atoms with Crippen molar-refractivity contribution < 1.29 is 14.4 Å². The van der Waals surface area contributed by atoms with Gasteiger partial charge in [-0.1, -0.05) is 33.1 Å². The zero-order chi connectivity index (χ0) is 18.4. The molecule has 0 aromatic heterocycles. The molecule has 1 spiro atoms. The van der Waals surface area contributed by atoms with Gasteiger partial charge in [0.25, 0.3) is 5.91 Å². The Balaban J connectivity index is 0.00000338. The fourth-order valence-corrected chi connectivity index (χ4v) is 3.85. The molecule has 1 atom stereocenters. The van der Waals surface area contributed by atoms with Crippen LogP contribution in [0.15, 0.2) is 0 Å². The van der Waals surface area contributed by atoms with Crippen molar-refractivity contribution in [2.75, 3.05) is 13.1 Å². The zero-order valence-electron chi connectivity index (χ0n) is 15.9. The number of halogens is 1. The highest BCUT2D eigenvalue weighted by Crippen LogP contribution is 2.37. The second-order valence-corrected chi connectivity index (χ2v) is 7.40. The summed E-state index contributed by atoms with van der Waals surface area (Å²) in [5.41, 5.74) is 4.89. The fourth-order valence-electron chi connectivity index (χ4n) is 3.85. The molecule has 2 aliphatic rings. The van der Waals surface area contributed by atoms with Gasteiger partial charge in [0.15, 0.2) is 0 Å². The highest BCUT2D eigenvalue weighted by Gasteiger charge is 2.52. The Kier molecular flexibility index (Phi) is 8.83. The maximum absolute atomic E-state index is 12.8. The van der Waals surface area contributed by atoms with E-state index in [-0.39, 0.29) is 36.8 Å². The van der Waals surface area contributed by atoms with Crippen LogP contribution in [0.25, 0.3) is 0 Å². The van der Waals surface area contributed by atoms with Crippen LogP contribution in [0.1, 0.15) is 65.2 Å². The summed E-state index contributed by atoms with van der Waals surface area (Å²) in [7, 11) is 0. The summed E-state index contributed by atoms with van der Waals surface area (Å²) >= 11 is 0. The first-order valence-corrected chi connectivity index (χ1v) is 9.59. The van der Waals surface area contributed by atoms with Crippen molar-refractivity contribution in [3.63, 3.8) is 0 Å². The minimum Gasteiger partial charge on any atom is -0.351 e. The number of carbonyl (C=O) groups excluding carboxylic acids is 3. The number of urea groups is 1. The highest BCUT2D eigenvalue weighted by molar-refractivity contribution is 6.09. The first kappa shape index (κ1) is 22.7. The third kappa shape index (κ3) is 5.10. The largest absolute Gasteiger partial charge is 0.351 e. The molecule has 1 aliphatic carbocycles. The third-order valence-electron chi connectivity index (χ3n) is 5.64. The molecule has 1 saturated heterocycles. The Labute approximate surface area is 162 Å².